The minimum Gasteiger partial charge on any atom is -0.392 e. The van der Waals surface area contributed by atoms with Crippen LogP contribution in [0.2, 0.25) is 0 Å². The number of benzene rings is 1. The van der Waals surface area contributed by atoms with Crippen LogP contribution in [0.5, 0.6) is 0 Å². The molecule has 0 spiro atoms. The van der Waals surface area contributed by atoms with Crippen molar-refractivity contribution in [1.82, 2.24) is 14.9 Å². The summed E-state index contributed by atoms with van der Waals surface area (Å²) < 4.78 is 0. The zero-order valence-electron chi connectivity index (χ0n) is 16.1. The highest BCUT2D eigenvalue weighted by atomic mass is 16.3. The largest absolute Gasteiger partial charge is 0.392 e. The van der Waals surface area contributed by atoms with Gasteiger partial charge in [-0.3, -0.25) is 4.90 Å². The molecular formula is C21H30N4O. The summed E-state index contributed by atoms with van der Waals surface area (Å²) in [6.07, 6.45) is 1.45. The maximum atomic E-state index is 9.90. The summed E-state index contributed by atoms with van der Waals surface area (Å²) in [7, 11) is 0. The summed E-state index contributed by atoms with van der Waals surface area (Å²) >= 11 is 0. The van der Waals surface area contributed by atoms with Gasteiger partial charge in [-0.1, -0.05) is 37.3 Å². The molecule has 1 aliphatic heterocycles. The molecule has 0 bridgehead atoms. The lowest BCUT2D eigenvalue weighted by molar-refractivity contribution is 0.106. The molecular weight excluding hydrogens is 324 g/mol. The van der Waals surface area contributed by atoms with E-state index >= 15 is 0 Å². The predicted octanol–water partition coefficient (Wildman–Crippen LogP) is 2.58. The number of anilines is 1. The summed E-state index contributed by atoms with van der Waals surface area (Å²) in [4.78, 5) is 14.1. The van der Waals surface area contributed by atoms with Crippen LogP contribution in [0.3, 0.4) is 0 Å². The van der Waals surface area contributed by atoms with Gasteiger partial charge < -0.3 is 10.0 Å². The number of hydrogen-bond donors (Lipinski definition) is 1. The maximum absolute atomic E-state index is 9.90. The fourth-order valence-electron chi connectivity index (χ4n) is 3.56. The van der Waals surface area contributed by atoms with Crippen molar-refractivity contribution in [2.45, 2.75) is 39.7 Å². The summed E-state index contributed by atoms with van der Waals surface area (Å²) in [5.41, 5.74) is 3.58. The molecule has 26 heavy (non-hydrogen) atoms. The Morgan fingerprint density at radius 1 is 1.04 bits per heavy atom. The van der Waals surface area contributed by atoms with E-state index in [1.807, 2.05) is 19.9 Å². The van der Waals surface area contributed by atoms with Crippen LogP contribution in [0.25, 0.3) is 0 Å². The summed E-state index contributed by atoms with van der Waals surface area (Å²) in [5.74, 6) is 1.91. The molecule has 0 radical (unpaired) electrons. The number of aliphatic hydroxyl groups is 1. The van der Waals surface area contributed by atoms with Crippen molar-refractivity contribution in [2.75, 3.05) is 37.6 Å². The Morgan fingerprint density at radius 2 is 1.73 bits per heavy atom. The van der Waals surface area contributed by atoms with Crippen LogP contribution in [-0.4, -0.2) is 58.8 Å². The fraction of sp³-hybridized carbons (Fsp3) is 0.524. The van der Waals surface area contributed by atoms with Crippen molar-refractivity contribution < 1.29 is 5.11 Å². The van der Waals surface area contributed by atoms with Crippen molar-refractivity contribution in [3.63, 3.8) is 0 Å². The first-order chi connectivity index (χ1) is 12.6. The van der Waals surface area contributed by atoms with Crippen molar-refractivity contribution >= 4 is 5.82 Å². The van der Waals surface area contributed by atoms with Gasteiger partial charge in [0.2, 0.25) is 0 Å². The number of rotatable bonds is 6. The quantitative estimate of drug-likeness (QED) is 0.864. The number of aromatic nitrogens is 2. The lowest BCUT2D eigenvalue weighted by atomic mass is 10.0. The molecule has 1 aromatic heterocycles. The molecule has 2 aromatic rings. The van der Waals surface area contributed by atoms with E-state index in [1.54, 1.807) is 0 Å². The lowest BCUT2D eigenvalue weighted by Gasteiger charge is -2.37. The molecule has 140 valence electrons. The average Bonchev–Trinajstić information content (AvgIpc) is 2.65. The second-order valence-electron chi connectivity index (χ2n) is 7.17. The zero-order valence-corrected chi connectivity index (χ0v) is 16.1. The minimum absolute atomic E-state index is 0.223. The van der Waals surface area contributed by atoms with E-state index < -0.39 is 0 Å². The predicted molar refractivity (Wildman–Crippen MR) is 106 cm³/mol. The molecule has 1 aromatic carbocycles. The maximum Gasteiger partial charge on any atom is 0.136 e. The Balaban J connectivity index is 1.77. The fourth-order valence-corrected chi connectivity index (χ4v) is 3.56. The molecule has 1 saturated heterocycles. The molecule has 1 fully saturated rings. The smallest absolute Gasteiger partial charge is 0.136 e. The third kappa shape index (κ3) is 4.59. The number of hydrogen-bond acceptors (Lipinski definition) is 5. The van der Waals surface area contributed by atoms with E-state index in [0.717, 1.165) is 62.9 Å². The number of nitrogens with zero attached hydrogens (tertiary/aromatic N) is 4. The standard InChI is InChI=1S/C21H30N4O/c1-4-19(26)15-24-10-12-25(13-11-24)21-20(16(2)22-17(3)23-21)14-18-8-6-5-7-9-18/h5-9,19,26H,4,10-15H2,1-3H3/t19-/m0/s1. The number of aryl methyl sites for hydroxylation is 2. The van der Waals surface area contributed by atoms with Gasteiger partial charge in [0.05, 0.1) is 6.10 Å². The first-order valence-electron chi connectivity index (χ1n) is 9.60. The first kappa shape index (κ1) is 18.8. The van der Waals surface area contributed by atoms with Crippen molar-refractivity contribution in [2.24, 2.45) is 0 Å². The summed E-state index contributed by atoms with van der Waals surface area (Å²) in [5, 5.41) is 9.90. The molecule has 1 aliphatic rings. The Labute approximate surface area is 156 Å². The Bertz CT molecular complexity index is 711. The molecule has 3 rings (SSSR count). The molecule has 0 amide bonds. The van der Waals surface area contributed by atoms with Crippen LogP contribution in [0, 0.1) is 13.8 Å². The van der Waals surface area contributed by atoms with Crippen LogP contribution < -0.4 is 4.90 Å². The normalized spacial score (nSPS) is 16.7. The van der Waals surface area contributed by atoms with Gasteiger partial charge in [0, 0.05) is 50.4 Å². The van der Waals surface area contributed by atoms with Gasteiger partial charge in [0.1, 0.15) is 11.6 Å². The van der Waals surface area contributed by atoms with Crippen molar-refractivity contribution in [3.8, 4) is 0 Å². The average molecular weight is 354 g/mol. The SMILES string of the molecule is CC[C@H](O)CN1CCN(c2nc(C)nc(C)c2Cc2ccccc2)CC1. The first-order valence-corrected chi connectivity index (χ1v) is 9.60. The van der Waals surface area contributed by atoms with Crippen LogP contribution in [0.4, 0.5) is 5.82 Å². The van der Waals surface area contributed by atoms with E-state index in [9.17, 15) is 5.11 Å². The monoisotopic (exact) mass is 354 g/mol. The second kappa shape index (κ2) is 8.60. The highest BCUT2D eigenvalue weighted by Gasteiger charge is 2.23. The van der Waals surface area contributed by atoms with Crippen molar-refractivity contribution in [1.29, 1.82) is 0 Å². The van der Waals surface area contributed by atoms with E-state index in [2.05, 4.69) is 46.0 Å². The molecule has 1 N–H and O–H groups in total. The lowest BCUT2D eigenvalue weighted by Crippen LogP contribution is -2.49. The van der Waals surface area contributed by atoms with E-state index in [4.69, 9.17) is 4.98 Å². The van der Waals surface area contributed by atoms with Crippen LogP contribution in [0.15, 0.2) is 30.3 Å². The topological polar surface area (TPSA) is 52.5 Å². The van der Waals surface area contributed by atoms with Gasteiger partial charge in [-0.25, -0.2) is 9.97 Å². The highest BCUT2D eigenvalue weighted by Crippen LogP contribution is 2.25. The molecule has 5 heteroatoms. The Morgan fingerprint density at radius 3 is 2.38 bits per heavy atom. The molecule has 0 saturated carbocycles. The molecule has 0 aliphatic carbocycles. The molecule has 1 atom stereocenters. The van der Waals surface area contributed by atoms with Crippen LogP contribution in [-0.2, 0) is 6.42 Å². The second-order valence-corrected chi connectivity index (χ2v) is 7.17. The zero-order chi connectivity index (χ0) is 18.5. The molecule has 5 nitrogen and oxygen atoms in total. The third-order valence-corrected chi connectivity index (χ3v) is 5.14. The van der Waals surface area contributed by atoms with Crippen LogP contribution in [0.1, 0.15) is 36.0 Å². The Hall–Kier alpha value is -1.98. The van der Waals surface area contributed by atoms with E-state index in [0.29, 0.717) is 0 Å². The van der Waals surface area contributed by atoms with Gasteiger partial charge >= 0.3 is 0 Å². The third-order valence-electron chi connectivity index (χ3n) is 5.14. The summed E-state index contributed by atoms with van der Waals surface area (Å²) in [6.45, 7) is 10.7. The number of piperazine rings is 1. The number of β-amino-alcohol motifs (C(OH)–C–C–N with tert-alkyl or cyclic N) is 1. The minimum atomic E-state index is -0.223. The van der Waals surface area contributed by atoms with Gasteiger partial charge in [-0.2, -0.15) is 0 Å². The van der Waals surface area contributed by atoms with Gasteiger partial charge in [-0.05, 0) is 25.8 Å². The Kier molecular flexibility index (Phi) is 6.22. The van der Waals surface area contributed by atoms with E-state index in [-0.39, 0.29) is 6.10 Å². The van der Waals surface area contributed by atoms with Gasteiger partial charge in [-0.15, -0.1) is 0 Å². The number of aliphatic hydroxyl groups excluding tert-OH is 1. The van der Waals surface area contributed by atoms with Gasteiger partial charge in [0.15, 0.2) is 0 Å². The summed E-state index contributed by atoms with van der Waals surface area (Å²) in [6, 6.07) is 10.5. The van der Waals surface area contributed by atoms with Crippen LogP contribution >= 0.6 is 0 Å². The molecule has 0 unspecified atom stereocenters. The highest BCUT2D eigenvalue weighted by molar-refractivity contribution is 5.51. The molecule has 2 heterocycles. The van der Waals surface area contributed by atoms with E-state index in [1.165, 1.54) is 11.1 Å². The van der Waals surface area contributed by atoms with Crippen molar-refractivity contribution in [3.05, 3.63) is 53.0 Å². The van der Waals surface area contributed by atoms with Gasteiger partial charge in [0.25, 0.3) is 0 Å².